The number of halogens is 1. The Morgan fingerprint density at radius 2 is 1.96 bits per heavy atom. The summed E-state index contributed by atoms with van der Waals surface area (Å²) < 4.78 is 0. The second-order valence-corrected chi connectivity index (χ2v) is 5.49. The van der Waals surface area contributed by atoms with Crippen molar-refractivity contribution in [1.82, 2.24) is 9.97 Å². The number of nitrogens with zero attached hydrogens (tertiary/aromatic N) is 2. The van der Waals surface area contributed by atoms with Gasteiger partial charge in [0.2, 0.25) is 0 Å². The lowest BCUT2D eigenvalue weighted by Gasteiger charge is -2.04. The molecule has 3 aromatic rings. The van der Waals surface area contributed by atoms with Gasteiger partial charge in [0, 0.05) is 16.7 Å². The molecule has 0 aliphatic heterocycles. The normalized spacial score (nSPS) is 10.7. The summed E-state index contributed by atoms with van der Waals surface area (Å²) in [5.74, 6) is -0.274. The number of non-ortho nitro benzene ring substituents is 1. The van der Waals surface area contributed by atoms with Crippen LogP contribution in [0, 0.1) is 10.1 Å². The molecule has 7 nitrogen and oxygen atoms in total. The minimum Gasteiger partial charge on any atom is -0.313 e. The first-order valence-electron chi connectivity index (χ1n) is 6.91. The Kier molecular flexibility index (Phi) is 4.09. The Bertz CT molecular complexity index is 1020. The topological polar surface area (TPSA) is 106 Å². The van der Waals surface area contributed by atoms with Gasteiger partial charge in [-0.2, -0.15) is 0 Å². The molecule has 0 saturated carbocycles. The largest absolute Gasteiger partial charge is 0.313 e. The Balaban J connectivity index is 2.07. The Hall–Kier alpha value is -3.06. The molecule has 0 saturated heterocycles. The summed E-state index contributed by atoms with van der Waals surface area (Å²) in [7, 11) is 0. The van der Waals surface area contributed by atoms with E-state index >= 15 is 0 Å². The Morgan fingerprint density at radius 3 is 2.62 bits per heavy atom. The van der Waals surface area contributed by atoms with Crippen molar-refractivity contribution in [3.8, 4) is 0 Å². The molecule has 120 valence electrons. The van der Waals surface area contributed by atoms with Gasteiger partial charge in [-0.15, -0.1) is 0 Å². The maximum atomic E-state index is 12.2. The van der Waals surface area contributed by atoms with Gasteiger partial charge >= 0.3 is 0 Å². The van der Waals surface area contributed by atoms with Crippen LogP contribution < -0.4 is 5.56 Å². The van der Waals surface area contributed by atoms with Crippen molar-refractivity contribution in [3.63, 3.8) is 0 Å². The number of nitrogens with one attached hydrogen (secondary N) is 1. The van der Waals surface area contributed by atoms with E-state index in [0.717, 1.165) is 6.07 Å². The number of carbonyl (C=O) groups is 1. The number of nitro benzene ring substituents is 1. The number of hydrogen-bond donors (Lipinski definition) is 1. The van der Waals surface area contributed by atoms with Crippen molar-refractivity contribution < 1.29 is 9.72 Å². The van der Waals surface area contributed by atoms with Crippen molar-refractivity contribution in [2.75, 3.05) is 0 Å². The summed E-state index contributed by atoms with van der Waals surface area (Å²) >= 11 is 5.86. The fourth-order valence-electron chi connectivity index (χ4n) is 2.32. The van der Waals surface area contributed by atoms with Crippen LogP contribution in [0.4, 0.5) is 5.69 Å². The number of nitro groups is 1. The van der Waals surface area contributed by atoms with Crippen LogP contribution in [-0.4, -0.2) is 20.7 Å². The predicted octanol–water partition coefficient (Wildman–Crippen LogP) is 2.91. The van der Waals surface area contributed by atoms with Crippen LogP contribution in [0.5, 0.6) is 0 Å². The molecule has 1 N–H and O–H groups in total. The maximum absolute atomic E-state index is 12.2. The van der Waals surface area contributed by atoms with Crippen LogP contribution in [0.25, 0.3) is 11.0 Å². The van der Waals surface area contributed by atoms with Crippen molar-refractivity contribution in [2.45, 2.75) is 6.42 Å². The molecule has 0 radical (unpaired) electrons. The Morgan fingerprint density at radius 1 is 1.25 bits per heavy atom. The minimum absolute atomic E-state index is 0.0204. The molecular weight excluding hydrogens is 334 g/mol. The van der Waals surface area contributed by atoms with Gasteiger partial charge in [0.1, 0.15) is 11.2 Å². The van der Waals surface area contributed by atoms with E-state index in [1.54, 1.807) is 30.3 Å². The third kappa shape index (κ3) is 3.02. The second kappa shape index (κ2) is 6.21. The molecular formula is C16H10ClN3O4. The van der Waals surface area contributed by atoms with Gasteiger partial charge in [0.05, 0.1) is 16.9 Å². The zero-order chi connectivity index (χ0) is 17.3. The number of aromatic amines is 1. The summed E-state index contributed by atoms with van der Waals surface area (Å²) in [5.41, 5.74) is -0.418. The zero-order valence-electron chi connectivity index (χ0n) is 12.2. The standard InChI is InChI=1S/C16H10ClN3O4/c17-10-6-11-15(13(7-10)20(23)24)19-16(22)12(18-11)8-14(21)9-4-2-1-3-5-9/h1-7H,8H2,(H,19,22). The fourth-order valence-corrected chi connectivity index (χ4v) is 2.53. The summed E-state index contributed by atoms with van der Waals surface area (Å²) in [6, 6.07) is 11.0. The van der Waals surface area contributed by atoms with E-state index in [1.165, 1.54) is 6.07 Å². The maximum Gasteiger partial charge on any atom is 0.296 e. The third-order valence-corrected chi connectivity index (χ3v) is 3.66. The number of Topliss-reactive ketones (excluding diaryl/α,β-unsaturated/α-hetero) is 1. The number of aromatic nitrogens is 2. The molecule has 0 amide bonds. The van der Waals surface area contributed by atoms with Gasteiger partial charge in [0.25, 0.3) is 11.2 Å². The number of fused-ring (bicyclic) bond motifs is 1. The first kappa shape index (κ1) is 15.8. The molecule has 2 aromatic carbocycles. The number of H-pyrrole nitrogens is 1. The van der Waals surface area contributed by atoms with E-state index in [4.69, 9.17) is 11.6 Å². The van der Waals surface area contributed by atoms with E-state index in [2.05, 4.69) is 9.97 Å². The molecule has 3 rings (SSSR count). The van der Waals surface area contributed by atoms with Gasteiger partial charge < -0.3 is 4.98 Å². The first-order chi connectivity index (χ1) is 11.5. The van der Waals surface area contributed by atoms with Gasteiger partial charge in [-0.25, -0.2) is 4.98 Å². The lowest BCUT2D eigenvalue weighted by molar-refractivity contribution is -0.383. The molecule has 0 aliphatic carbocycles. The molecule has 0 aliphatic rings. The lowest BCUT2D eigenvalue weighted by atomic mass is 10.1. The fraction of sp³-hybridized carbons (Fsp3) is 0.0625. The highest BCUT2D eigenvalue weighted by molar-refractivity contribution is 6.31. The summed E-state index contributed by atoms with van der Waals surface area (Å²) in [6.45, 7) is 0. The number of hydrogen-bond acceptors (Lipinski definition) is 5. The predicted molar refractivity (Wildman–Crippen MR) is 88.5 cm³/mol. The van der Waals surface area contributed by atoms with Crippen LogP contribution in [0.1, 0.15) is 16.1 Å². The van der Waals surface area contributed by atoms with Crippen molar-refractivity contribution in [1.29, 1.82) is 0 Å². The summed E-state index contributed by atoms with van der Waals surface area (Å²) in [5, 5.41) is 11.2. The number of carbonyl (C=O) groups excluding carboxylic acids is 1. The van der Waals surface area contributed by atoms with Crippen molar-refractivity contribution >= 4 is 34.1 Å². The smallest absolute Gasteiger partial charge is 0.296 e. The van der Waals surface area contributed by atoms with E-state index < -0.39 is 10.5 Å². The number of ketones is 1. The van der Waals surface area contributed by atoms with Crippen LogP contribution in [0.3, 0.4) is 0 Å². The number of benzene rings is 2. The van der Waals surface area contributed by atoms with Crippen molar-refractivity contribution in [2.24, 2.45) is 0 Å². The summed E-state index contributed by atoms with van der Waals surface area (Å²) in [6.07, 6.45) is -0.213. The molecule has 24 heavy (non-hydrogen) atoms. The molecule has 1 heterocycles. The summed E-state index contributed by atoms with van der Waals surface area (Å²) in [4.78, 5) is 41.3. The van der Waals surface area contributed by atoms with E-state index in [-0.39, 0.29) is 39.6 Å². The highest BCUT2D eigenvalue weighted by Gasteiger charge is 2.18. The van der Waals surface area contributed by atoms with Crippen molar-refractivity contribution in [3.05, 3.63) is 79.2 Å². The van der Waals surface area contributed by atoms with Gasteiger partial charge in [-0.1, -0.05) is 41.9 Å². The highest BCUT2D eigenvalue weighted by atomic mass is 35.5. The Labute approximate surface area is 140 Å². The quantitative estimate of drug-likeness (QED) is 0.445. The van der Waals surface area contributed by atoms with E-state index in [0.29, 0.717) is 5.56 Å². The molecule has 0 unspecified atom stereocenters. The van der Waals surface area contributed by atoms with Gasteiger partial charge in [-0.3, -0.25) is 19.7 Å². The zero-order valence-corrected chi connectivity index (χ0v) is 12.9. The molecule has 0 fully saturated rings. The molecule has 0 spiro atoms. The monoisotopic (exact) mass is 343 g/mol. The second-order valence-electron chi connectivity index (χ2n) is 5.05. The average Bonchev–Trinajstić information content (AvgIpc) is 2.56. The van der Waals surface area contributed by atoms with Crippen LogP contribution >= 0.6 is 11.6 Å². The van der Waals surface area contributed by atoms with Gasteiger partial charge in [-0.05, 0) is 6.07 Å². The lowest BCUT2D eigenvalue weighted by Crippen LogP contribution is -2.19. The molecule has 0 atom stereocenters. The average molecular weight is 344 g/mol. The first-order valence-corrected chi connectivity index (χ1v) is 7.28. The molecule has 0 bridgehead atoms. The minimum atomic E-state index is -0.652. The SMILES string of the molecule is O=C(Cc1nc2cc(Cl)cc([N+](=O)[O-])c2[nH]c1=O)c1ccccc1. The van der Waals surface area contributed by atoms with Crippen LogP contribution in [0.2, 0.25) is 5.02 Å². The molecule has 1 aromatic heterocycles. The molecule has 8 heteroatoms. The van der Waals surface area contributed by atoms with E-state index in [1.807, 2.05) is 0 Å². The van der Waals surface area contributed by atoms with E-state index in [9.17, 15) is 19.7 Å². The third-order valence-electron chi connectivity index (χ3n) is 3.44. The van der Waals surface area contributed by atoms with Gasteiger partial charge in [0.15, 0.2) is 5.78 Å². The van der Waals surface area contributed by atoms with Crippen LogP contribution in [-0.2, 0) is 6.42 Å². The van der Waals surface area contributed by atoms with Crippen LogP contribution in [0.15, 0.2) is 47.3 Å². The highest BCUT2D eigenvalue weighted by Crippen LogP contribution is 2.26. The number of rotatable bonds is 4.